The number of imide groups is 1. The van der Waals surface area contributed by atoms with Gasteiger partial charge in [-0.3, -0.25) is 14.9 Å². The van der Waals surface area contributed by atoms with Gasteiger partial charge in [0, 0.05) is 0 Å². The summed E-state index contributed by atoms with van der Waals surface area (Å²) in [6.07, 6.45) is 0.282. The third kappa shape index (κ3) is 2.57. The summed E-state index contributed by atoms with van der Waals surface area (Å²) < 4.78 is 24.2. The first kappa shape index (κ1) is 13.1. The number of nitrogens with zero attached hydrogens (tertiary/aromatic N) is 1. The fourth-order valence-corrected chi connectivity index (χ4v) is 2.97. The zero-order valence-electron chi connectivity index (χ0n) is 8.84. The van der Waals surface area contributed by atoms with Crippen molar-refractivity contribution >= 4 is 21.8 Å². The van der Waals surface area contributed by atoms with Crippen molar-refractivity contribution in [3.8, 4) is 0 Å². The Kier molecular flexibility index (Phi) is 4.00. The van der Waals surface area contributed by atoms with E-state index in [9.17, 15) is 18.0 Å². The molecule has 8 heteroatoms. The van der Waals surface area contributed by atoms with E-state index in [0.717, 1.165) is 4.31 Å². The van der Waals surface area contributed by atoms with E-state index >= 15 is 0 Å². The molecule has 0 aromatic heterocycles. The number of sulfonamides is 1. The van der Waals surface area contributed by atoms with Gasteiger partial charge in [-0.05, 0) is 6.42 Å². The van der Waals surface area contributed by atoms with E-state index < -0.39 is 40.2 Å². The van der Waals surface area contributed by atoms with Crippen LogP contribution in [-0.4, -0.2) is 54.6 Å². The Balaban J connectivity index is 2.99. The molecule has 1 heterocycles. The molecule has 0 saturated carbocycles. The SMILES string of the molecule is CCC1C(=O)NC(=O)CN1S(=O)(=O)CCO. The van der Waals surface area contributed by atoms with E-state index in [-0.39, 0.29) is 13.0 Å². The first-order valence-electron chi connectivity index (χ1n) is 4.86. The van der Waals surface area contributed by atoms with Crippen molar-refractivity contribution in [2.45, 2.75) is 19.4 Å². The highest BCUT2D eigenvalue weighted by Crippen LogP contribution is 2.14. The van der Waals surface area contributed by atoms with Crippen LogP contribution in [0.5, 0.6) is 0 Å². The number of nitrogens with one attached hydrogen (secondary N) is 1. The van der Waals surface area contributed by atoms with Crippen LogP contribution in [0.2, 0.25) is 0 Å². The number of carbonyl (C=O) groups is 2. The number of hydrogen-bond acceptors (Lipinski definition) is 5. The largest absolute Gasteiger partial charge is 0.395 e. The molecule has 1 atom stereocenters. The van der Waals surface area contributed by atoms with E-state index in [4.69, 9.17) is 5.11 Å². The summed E-state index contributed by atoms with van der Waals surface area (Å²) in [5.74, 6) is -1.74. The van der Waals surface area contributed by atoms with E-state index in [1.54, 1.807) is 6.92 Å². The Morgan fingerprint density at radius 3 is 2.62 bits per heavy atom. The van der Waals surface area contributed by atoms with Gasteiger partial charge in [0.2, 0.25) is 21.8 Å². The molecule has 0 spiro atoms. The van der Waals surface area contributed by atoms with Gasteiger partial charge in [-0.2, -0.15) is 4.31 Å². The van der Waals surface area contributed by atoms with Gasteiger partial charge in [0.25, 0.3) is 0 Å². The highest BCUT2D eigenvalue weighted by Gasteiger charge is 2.39. The van der Waals surface area contributed by atoms with Gasteiger partial charge in [0.1, 0.15) is 6.04 Å². The van der Waals surface area contributed by atoms with Gasteiger partial charge >= 0.3 is 0 Å². The third-order valence-electron chi connectivity index (χ3n) is 2.31. The summed E-state index contributed by atoms with van der Waals surface area (Å²) in [5.41, 5.74) is 0. The zero-order chi connectivity index (χ0) is 12.3. The molecular formula is C8H14N2O5S. The van der Waals surface area contributed by atoms with Crippen LogP contribution < -0.4 is 5.32 Å². The van der Waals surface area contributed by atoms with Crippen LogP contribution in [0.15, 0.2) is 0 Å². The minimum atomic E-state index is -3.76. The van der Waals surface area contributed by atoms with Crippen LogP contribution in [0.25, 0.3) is 0 Å². The summed E-state index contributed by atoms with van der Waals surface area (Å²) >= 11 is 0. The van der Waals surface area contributed by atoms with Crippen molar-refractivity contribution in [3.63, 3.8) is 0 Å². The Bertz CT molecular complexity index is 391. The summed E-state index contributed by atoms with van der Waals surface area (Å²) in [6, 6.07) is -0.866. The lowest BCUT2D eigenvalue weighted by molar-refractivity contribution is -0.137. The fraction of sp³-hybridized carbons (Fsp3) is 0.750. The number of carbonyl (C=O) groups excluding carboxylic acids is 2. The molecule has 16 heavy (non-hydrogen) atoms. The second-order valence-corrected chi connectivity index (χ2v) is 5.46. The van der Waals surface area contributed by atoms with Crippen molar-refractivity contribution < 1.29 is 23.1 Å². The van der Waals surface area contributed by atoms with Crippen LogP contribution in [0.1, 0.15) is 13.3 Å². The average molecular weight is 250 g/mol. The summed E-state index contributed by atoms with van der Waals surface area (Å²) in [6.45, 7) is 0.749. The predicted molar refractivity (Wildman–Crippen MR) is 54.8 cm³/mol. The Hall–Kier alpha value is -0.990. The number of aliphatic hydroxyl groups is 1. The summed E-state index contributed by atoms with van der Waals surface area (Å²) in [7, 11) is -3.76. The second kappa shape index (κ2) is 4.89. The smallest absolute Gasteiger partial charge is 0.245 e. The molecule has 2 amide bonds. The number of amides is 2. The molecular weight excluding hydrogens is 236 g/mol. The maximum Gasteiger partial charge on any atom is 0.245 e. The maximum atomic E-state index is 11.7. The van der Waals surface area contributed by atoms with Gasteiger partial charge in [0.15, 0.2) is 0 Å². The van der Waals surface area contributed by atoms with Crippen LogP contribution >= 0.6 is 0 Å². The van der Waals surface area contributed by atoms with Crippen molar-refractivity contribution in [1.29, 1.82) is 0 Å². The highest BCUT2D eigenvalue weighted by molar-refractivity contribution is 7.89. The molecule has 0 radical (unpaired) electrons. The Morgan fingerprint density at radius 1 is 1.50 bits per heavy atom. The molecule has 0 aromatic carbocycles. The molecule has 2 N–H and O–H groups in total. The van der Waals surface area contributed by atoms with Gasteiger partial charge < -0.3 is 5.11 Å². The molecule has 1 aliphatic rings. The molecule has 0 bridgehead atoms. The van der Waals surface area contributed by atoms with E-state index in [0.29, 0.717) is 0 Å². The molecule has 0 aliphatic carbocycles. The van der Waals surface area contributed by atoms with Crippen LogP contribution in [0, 0.1) is 0 Å². The maximum absolute atomic E-state index is 11.7. The lowest BCUT2D eigenvalue weighted by Crippen LogP contribution is -2.59. The molecule has 0 aromatic rings. The number of hydrogen-bond donors (Lipinski definition) is 2. The van der Waals surface area contributed by atoms with Crippen LogP contribution in [-0.2, 0) is 19.6 Å². The number of aliphatic hydroxyl groups excluding tert-OH is 1. The minimum Gasteiger partial charge on any atom is -0.395 e. The summed E-state index contributed by atoms with van der Waals surface area (Å²) in [4.78, 5) is 22.5. The van der Waals surface area contributed by atoms with E-state index in [1.807, 2.05) is 0 Å². The van der Waals surface area contributed by atoms with Crippen molar-refractivity contribution in [2.24, 2.45) is 0 Å². The predicted octanol–water partition coefficient (Wildman–Crippen LogP) is -1.95. The molecule has 1 fully saturated rings. The monoisotopic (exact) mass is 250 g/mol. The van der Waals surface area contributed by atoms with Gasteiger partial charge in [0.05, 0.1) is 18.9 Å². The van der Waals surface area contributed by atoms with Gasteiger partial charge in [-0.1, -0.05) is 6.92 Å². The Labute approximate surface area is 93.5 Å². The Morgan fingerprint density at radius 2 is 2.12 bits per heavy atom. The molecule has 1 aliphatic heterocycles. The molecule has 7 nitrogen and oxygen atoms in total. The molecule has 1 unspecified atom stereocenters. The number of rotatable bonds is 4. The minimum absolute atomic E-state index is 0.282. The third-order valence-corrected chi connectivity index (χ3v) is 4.10. The quantitative estimate of drug-likeness (QED) is 0.564. The van der Waals surface area contributed by atoms with E-state index in [1.165, 1.54) is 0 Å². The average Bonchev–Trinajstić information content (AvgIpc) is 2.16. The standard InChI is InChI=1S/C8H14N2O5S/c1-2-6-8(13)9-7(12)5-10(6)16(14,15)4-3-11/h6,11H,2-5H2,1H3,(H,9,12,13). The summed E-state index contributed by atoms with van der Waals surface area (Å²) in [5, 5.41) is 10.7. The lowest BCUT2D eigenvalue weighted by atomic mass is 10.2. The van der Waals surface area contributed by atoms with Crippen LogP contribution in [0.4, 0.5) is 0 Å². The number of piperazine rings is 1. The second-order valence-electron chi connectivity index (χ2n) is 3.42. The highest BCUT2D eigenvalue weighted by atomic mass is 32.2. The van der Waals surface area contributed by atoms with Crippen LogP contribution in [0.3, 0.4) is 0 Å². The van der Waals surface area contributed by atoms with E-state index in [2.05, 4.69) is 5.32 Å². The van der Waals surface area contributed by atoms with Crippen molar-refractivity contribution in [3.05, 3.63) is 0 Å². The molecule has 92 valence electrons. The molecule has 1 rings (SSSR count). The first-order valence-corrected chi connectivity index (χ1v) is 6.47. The van der Waals surface area contributed by atoms with Crippen molar-refractivity contribution in [1.82, 2.24) is 9.62 Å². The lowest BCUT2D eigenvalue weighted by Gasteiger charge is -2.32. The van der Waals surface area contributed by atoms with Crippen molar-refractivity contribution in [2.75, 3.05) is 18.9 Å². The molecule has 1 saturated heterocycles. The van der Waals surface area contributed by atoms with Gasteiger partial charge in [-0.15, -0.1) is 0 Å². The zero-order valence-corrected chi connectivity index (χ0v) is 9.66. The van der Waals surface area contributed by atoms with Gasteiger partial charge in [-0.25, -0.2) is 8.42 Å². The topological polar surface area (TPSA) is 104 Å². The first-order chi connectivity index (χ1) is 7.42. The fourth-order valence-electron chi connectivity index (χ4n) is 1.56. The normalized spacial score (nSPS) is 23.2.